The molecule has 0 saturated carbocycles. The Bertz CT molecular complexity index is 243. The second kappa shape index (κ2) is 8.37. The third-order valence-electron chi connectivity index (χ3n) is 1.65. The third-order valence-corrected chi connectivity index (χ3v) is 1.65. The Morgan fingerprint density at radius 1 is 1.57 bits per heavy atom. The van der Waals surface area contributed by atoms with Gasteiger partial charge in [0, 0.05) is 5.92 Å². The molecule has 0 aromatic heterocycles. The van der Waals surface area contributed by atoms with Crippen molar-refractivity contribution in [3.8, 4) is 11.8 Å². The smallest absolute Gasteiger partial charge is 0.384 e. The summed E-state index contributed by atoms with van der Waals surface area (Å²) < 4.78 is 4.97. The molecule has 78 valence electrons. The van der Waals surface area contributed by atoms with Crippen LogP contribution in [-0.4, -0.2) is 12.1 Å². The van der Waals surface area contributed by atoms with Crippen LogP contribution in [0.2, 0.25) is 0 Å². The summed E-state index contributed by atoms with van der Waals surface area (Å²) in [7, 11) is 0. The molecule has 0 N–H and O–H groups in total. The van der Waals surface area contributed by atoms with Crippen LogP contribution in [0.5, 0.6) is 0 Å². The lowest BCUT2D eigenvalue weighted by atomic mass is 10.2. The van der Waals surface area contributed by atoms with Gasteiger partial charge >= 0.3 is 5.97 Å². The van der Waals surface area contributed by atoms with Crippen molar-refractivity contribution < 1.29 is 9.53 Å². The van der Waals surface area contributed by atoms with Crippen LogP contribution < -0.4 is 0 Å². The maximum absolute atomic E-state index is 10.9. The first-order valence-corrected chi connectivity index (χ1v) is 5.00. The SMILES string of the molecule is CC#CC(=O)OC(C)/C=C/CCCC. The molecule has 0 aliphatic heterocycles. The van der Waals surface area contributed by atoms with Crippen LogP contribution in [-0.2, 0) is 9.53 Å². The van der Waals surface area contributed by atoms with Crippen molar-refractivity contribution in [3.05, 3.63) is 12.2 Å². The van der Waals surface area contributed by atoms with E-state index in [1.165, 1.54) is 12.8 Å². The predicted octanol–water partition coefficient (Wildman–Crippen LogP) is 2.69. The molecule has 2 nitrogen and oxygen atoms in total. The van der Waals surface area contributed by atoms with E-state index in [-0.39, 0.29) is 6.10 Å². The molecule has 0 fully saturated rings. The lowest BCUT2D eigenvalue weighted by molar-refractivity contribution is -0.139. The zero-order valence-corrected chi connectivity index (χ0v) is 9.17. The second-order valence-electron chi connectivity index (χ2n) is 3.06. The number of esters is 1. The first-order valence-electron chi connectivity index (χ1n) is 5.00. The number of carbonyl (C=O) groups is 1. The highest BCUT2D eigenvalue weighted by molar-refractivity contribution is 5.88. The molecular formula is C12H18O2. The van der Waals surface area contributed by atoms with Crippen LogP contribution in [0.15, 0.2) is 12.2 Å². The minimum Gasteiger partial charge on any atom is -0.449 e. The lowest BCUT2D eigenvalue weighted by Gasteiger charge is -2.04. The summed E-state index contributed by atoms with van der Waals surface area (Å²) in [6.45, 7) is 5.59. The Labute approximate surface area is 86.3 Å². The standard InChI is InChI=1S/C12H18O2/c1-4-6-7-8-10-11(3)14-12(13)9-5-2/h8,10-11H,4,6-7H2,1-3H3/b10-8+. The van der Waals surface area contributed by atoms with E-state index in [1.807, 2.05) is 19.1 Å². The van der Waals surface area contributed by atoms with Crippen molar-refractivity contribution in [2.75, 3.05) is 0 Å². The molecule has 1 unspecified atom stereocenters. The molecule has 0 aliphatic carbocycles. The molecule has 0 heterocycles. The van der Waals surface area contributed by atoms with Crippen molar-refractivity contribution in [1.82, 2.24) is 0 Å². The molecule has 0 saturated heterocycles. The first-order chi connectivity index (χ1) is 6.70. The Morgan fingerprint density at radius 2 is 2.29 bits per heavy atom. The van der Waals surface area contributed by atoms with Gasteiger partial charge in [-0.3, -0.25) is 0 Å². The molecular weight excluding hydrogens is 176 g/mol. The van der Waals surface area contributed by atoms with Crippen LogP contribution in [0, 0.1) is 11.8 Å². The summed E-state index contributed by atoms with van der Waals surface area (Å²) in [5.74, 6) is 4.38. The van der Waals surface area contributed by atoms with Gasteiger partial charge in [-0.25, -0.2) is 4.79 Å². The van der Waals surface area contributed by atoms with Crippen molar-refractivity contribution >= 4 is 5.97 Å². The maximum atomic E-state index is 10.9. The Balaban J connectivity index is 3.72. The highest BCUT2D eigenvalue weighted by Crippen LogP contribution is 1.99. The Morgan fingerprint density at radius 3 is 2.86 bits per heavy atom. The summed E-state index contributed by atoms with van der Waals surface area (Å²) in [6.07, 6.45) is 7.15. The van der Waals surface area contributed by atoms with E-state index >= 15 is 0 Å². The topological polar surface area (TPSA) is 26.3 Å². The van der Waals surface area contributed by atoms with Gasteiger partial charge in [0.1, 0.15) is 6.10 Å². The number of hydrogen-bond acceptors (Lipinski definition) is 2. The minimum atomic E-state index is -0.458. The number of rotatable bonds is 5. The van der Waals surface area contributed by atoms with E-state index in [9.17, 15) is 4.79 Å². The van der Waals surface area contributed by atoms with Gasteiger partial charge in [0.2, 0.25) is 0 Å². The zero-order chi connectivity index (χ0) is 10.8. The normalized spacial score (nSPS) is 11.9. The molecule has 0 aliphatic rings. The van der Waals surface area contributed by atoms with Gasteiger partial charge in [-0.2, -0.15) is 0 Å². The summed E-state index contributed by atoms with van der Waals surface area (Å²) >= 11 is 0. The summed E-state index contributed by atoms with van der Waals surface area (Å²) in [5.41, 5.74) is 0. The fourth-order valence-electron chi connectivity index (χ4n) is 0.949. The van der Waals surface area contributed by atoms with Crippen LogP contribution in [0.1, 0.15) is 40.0 Å². The van der Waals surface area contributed by atoms with E-state index < -0.39 is 5.97 Å². The minimum absolute atomic E-state index is 0.180. The molecule has 2 heteroatoms. The van der Waals surface area contributed by atoms with Crippen molar-refractivity contribution in [2.24, 2.45) is 0 Å². The average molecular weight is 194 g/mol. The van der Waals surface area contributed by atoms with E-state index in [2.05, 4.69) is 18.8 Å². The Kier molecular flexibility index (Phi) is 7.64. The van der Waals surface area contributed by atoms with Gasteiger partial charge in [0.25, 0.3) is 0 Å². The maximum Gasteiger partial charge on any atom is 0.384 e. The van der Waals surface area contributed by atoms with Gasteiger partial charge in [-0.15, -0.1) is 0 Å². The largest absolute Gasteiger partial charge is 0.449 e. The molecule has 0 radical (unpaired) electrons. The van der Waals surface area contributed by atoms with Gasteiger partial charge in [-0.1, -0.05) is 31.8 Å². The highest BCUT2D eigenvalue weighted by Gasteiger charge is 2.01. The van der Waals surface area contributed by atoms with Gasteiger partial charge < -0.3 is 4.74 Å². The predicted molar refractivity (Wildman–Crippen MR) is 57.7 cm³/mol. The highest BCUT2D eigenvalue weighted by atomic mass is 16.5. The van der Waals surface area contributed by atoms with E-state index in [1.54, 1.807) is 6.92 Å². The van der Waals surface area contributed by atoms with Crippen LogP contribution in [0.3, 0.4) is 0 Å². The number of carbonyl (C=O) groups excluding carboxylic acids is 1. The van der Waals surface area contributed by atoms with Gasteiger partial charge in [-0.05, 0) is 26.3 Å². The number of allylic oxidation sites excluding steroid dienone is 1. The number of hydrogen-bond donors (Lipinski definition) is 0. The second-order valence-corrected chi connectivity index (χ2v) is 3.06. The number of unbranched alkanes of at least 4 members (excludes halogenated alkanes) is 2. The fourth-order valence-corrected chi connectivity index (χ4v) is 0.949. The van der Waals surface area contributed by atoms with Crippen LogP contribution in [0.4, 0.5) is 0 Å². The van der Waals surface area contributed by atoms with Crippen molar-refractivity contribution in [1.29, 1.82) is 0 Å². The van der Waals surface area contributed by atoms with Crippen molar-refractivity contribution in [2.45, 2.75) is 46.1 Å². The molecule has 0 aromatic carbocycles. The third kappa shape index (κ3) is 7.42. The zero-order valence-electron chi connectivity index (χ0n) is 9.17. The first kappa shape index (κ1) is 12.8. The van der Waals surface area contributed by atoms with Gasteiger partial charge in [0.15, 0.2) is 0 Å². The molecule has 14 heavy (non-hydrogen) atoms. The molecule has 0 spiro atoms. The summed E-state index contributed by atoms with van der Waals surface area (Å²) in [5, 5.41) is 0. The molecule has 0 aromatic rings. The monoisotopic (exact) mass is 194 g/mol. The summed E-state index contributed by atoms with van der Waals surface area (Å²) in [6, 6.07) is 0. The quantitative estimate of drug-likeness (QED) is 0.221. The van der Waals surface area contributed by atoms with Crippen LogP contribution in [0.25, 0.3) is 0 Å². The summed E-state index contributed by atoms with van der Waals surface area (Å²) in [4.78, 5) is 10.9. The van der Waals surface area contributed by atoms with E-state index in [0.29, 0.717) is 0 Å². The van der Waals surface area contributed by atoms with Gasteiger partial charge in [0.05, 0.1) is 0 Å². The number of ether oxygens (including phenoxy) is 1. The molecule has 1 atom stereocenters. The molecule has 0 rings (SSSR count). The van der Waals surface area contributed by atoms with Crippen LogP contribution >= 0.6 is 0 Å². The Hall–Kier alpha value is -1.23. The molecule has 0 bridgehead atoms. The lowest BCUT2D eigenvalue weighted by Crippen LogP contribution is -2.10. The average Bonchev–Trinajstić information content (AvgIpc) is 2.13. The molecule has 0 amide bonds. The van der Waals surface area contributed by atoms with Crippen molar-refractivity contribution in [3.63, 3.8) is 0 Å². The fraction of sp³-hybridized carbons (Fsp3) is 0.583. The van der Waals surface area contributed by atoms with E-state index in [0.717, 1.165) is 6.42 Å². The van der Waals surface area contributed by atoms with E-state index in [4.69, 9.17) is 4.74 Å².